The Hall–Kier alpha value is -3.42. The average Bonchev–Trinajstić information content (AvgIpc) is 2.75. The first-order chi connectivity index (χ1) is 14.9. The Kier molecular flexibility index (Phi) is 5.63. The molecule has 0 spiro atoms. The van der Waals surface area contributed by atoms with Crippen molar-refractivity contribution in [1.82, 2.24) is 20.5 Å². The SMILES string of the molecule is CNC(=O)c1cc(C)cc(-c2ccc(NCC3(c4ncccc4F)CC(F)C3)nn2)c1. The number of halogens is 2. The van der Waals surface area contributed by atoms with Crippen molar-refractivity contribution in [3.63, 3.8) is 0 Å². The van der Waals surface area contributed by atoms with E-state index < -0.39 is 17.4 Å². The van der Waals surface area contributed by atoms with Crippen molar-refractivity contribution in [3.8, 4) is 11.3 Å². The van der Waals surface area contributed by atoms with Crippen molar-refractivity contribution in [1.29, 1.82) is 0 Å². The Morgan fingerprint density at radius 1 is 1.19 bits per heavy atom. The lowest BCUT2D eigenvalue weighted by Crippen LogP contribution is -2.49. The molecular formula is C23H23F2N5O. The van der Waals surface area contributed by atoms with Gasteiger partial charge in [-0.1, -0.05) is 0 Å². The van der Waals surface area contributed by atoms with Gasteiger partial charge in [-0.3, -0.25) is 9.78 Å². The van der Waals surface area contributed by atoms with Crippen molar-refractivity contribution < 1.29 is 13.6 Å². The van der Waals surface area contributed by atoms with E-state index in [4.69, 9.17) is 0 Å². The zero-order valence-corrected chi connectivity index (χ0v) is 17.3. The average molecular weight is 423 g/mol. The summed E-state index contributed by atoms with van der Waals surface area (Å²) in [5, 5.41) is 14.2. The molecule has 1 fully saturated rings. The summed E-state index contributed by atoms with van der Waals surface area (Å²) < 4.78 is 28.0. The van der Waals surface area contributed by atoms with Gasteiger partial charge >= 0.3 is 0 Å². The molecule has 0 unspecified atom stereocenters. The molecule has 2 aromatic heterocycles. The zero-order chi connectivity index (χ0) is 22.0. The van der Waals surface area contributed by atoms with E-state index in [-0.39, 0.29) is 24.4 Å². The minimum atomic E-state index is -0.965. The largest absolute Gasteiger partial charge is 0.368 e. The highest BCUT2D eigenvalue weighted by atomic mass is 19.1. The molecule has 0 bridgehead atoms. The van der Waals surface area contributed by atoms with Crippen LogP contribution in [0.2, 0.25) is 0 Å². The fourth-order valence-electron chi connectivity index (χ4n) is 4.03. The van der Waals surface area contributed by atoms with E-state index in [0.717, 1.165) is 11.1 Å². The highest BCUT2D eigenvalue weighted by Crippen LogP contribution is 2.45. The Bertz CT molecular complexity index is 1100. The molecule has 3 aromatic rings. The van der Waals surface area contributed by atoms with Gasteiger partial charge in [-0.05, 0) is 67.8 Å². The molecule has 0 aliphatic heterocycles. The van der Waals surface area contributed by atoms with Gasteiger partial charge in [0.05, 0.1) is 11.4 Å². The fourth-order valence-corrected chi connectivity index (χ4v) is 4.03. The quantitative estimate of drug-likeness (QED) is 0.630. The van der Waals surface area contributed by atoms with E-state index in [1.54, 1.807) is 31.3 Å². The molecule has 0 radical (unpaired) electrons. The van der Waals surface area contributed by atoms with Crippen LogP contribution >= 0.6 is 0 Å². The van der Waals surface area contributed by atoms with Crippen LogP contribution in [0.1, 0.15) is 34.5 Å². The van der Waals surface area contributed by atoms with E-state index >= 15 is 0 Å². The number of hydrogen-bond donors (Lipinski definition) is 2. The smallest absolute Gasteiger partial charge is 0.251 e. The number of amides is 1. The highest BCUT2D eigenvalue weighted by Gasteiger charge is 2.48. The Morgan fingerprint density at radius 2 is 2.00 bits per heavy atom. The van der Waals surface area contributed by atoms with Crippen LogP contribution in [0.15, 0.2) is 48.7 Å². The zero-order valence-electron chi connectivity index (χ0n) is 17.3. The molecule has 1 aliphatic rings. The minimum Gasteiger partial charge on any atom is -0.368 e. The molecule has 160 valence electrons. The molecule has 1 aliphatic carbocycles. The number of hydrogen-bond acceptors (Lipinski definition) is 5. The van der Waals surface area contributed by atoms with E-state index in [1.807, 2.05) is 13.0 Å². The van der Waals surface area contributed by atoms with Crippen LogP contribution in [-0.2, 0) is 5.41 Å². The van der Waals surface area contributed by atoms with Gasteiger partial charge in [-0.25, -0.2) is 8.78 Å². The summed E-state index contributed by atoms with van der Waals surface area (Å²) in [6.07, 6.45) is 0.984. The van der Waals surface area contributed by atoms with Crippen molar-refractivity contribution >= 4 is 11.7 Å². The molecule has 1 amide bonds. The monoisotopic (exact) mass is 423 g/mol. The highest BCUT2D eigenvalue weighted by molar-refractivity contribution is 5.95. The number of pyridine rings is 1. The van der Waals surface area contributed by atoms with Gasteiger partial charge in [-0.15, -0.1) is 10.2 Å². The molecule has 31 heavy (non-hydrogen) atoms. The van der Waals surface area contributed by atoms with E-state index in [1.165, 1.54) is 18.3 Å². The number of carbonyl (C=O) groups is 1. The molecule has 4 rings (SSSR count). The molecule has 0 saturated heterocycles. The van der Waals surface area contributed by atoms with E-state index in [2.05, 4.69) is 25.8 Å². The number of nitrogens with one attached hydrogen (secondary N) is 2. The summed E-state index contributed by atoms with van der Waals surface area (Å²) in [5.74, 6) is -0.0973. The van der Waals surface area contributed by atoms with Gasteiger partial charge < -0.3 is 10.6 Å². The standard InChI is InChI=1S/C23H23F2N5O/c1-14-8-15(10-16(9-14)22(31)26-2)19-5-6-20(30-29-19)28-13-23(11-17(24)12-23)21-18(25)4-3-7-27-21/h3-10,17H,11-13H2,1-2H3,(H,26,31)(H,28,30). The predicted octanol–water partition coefficient (Wildman–Crippen LogP) is 3.83. The minimum absolute atomic E-state index is 0.171. The third-order valence-corrected chi connectivity index (χ3v) is 5.62. The molecule has 2 N–H and O–H groups in total. The summed E-state index contributed by atoms with van der Waals surface area (Å²) in [6, 6.07) is 11.9. The second kappa shape index (κ2) is 8.37. The fraction of sp³-hybridized carbons (Fsp3) is 0.304. The number of nitrogens with zero attached hydrogens (tertiary/aromatic N) is 3. The van der Waals surface area contributed by atoms with Crippen molar-refractivity contribution in [2.45, 2.75) is 31.4 Å². The van der Waals surface area contributed by atoms with E-state index in [0.29, 0.717) is 23.6 Å². The topological polar surface area (TPSA) is 79.8 Å². The van der Waals surface area contributed by atoms with Crippen LogP contribution in [0.4, 0.5) is 14.6 Å². The van der Waals surface area contributed by atoms with Crippen LogP contribution < -0.4 is 10.6 Å². The third-order valence-electron chi connectivity index (χ3n) is 5.62. The summed E-state index contributed by atoms with van der Waals surface area (Å²) in [7, 11) is 1.58. The number of aryl methyl sites for hydroxylation is 1. The molecule has 1 aromatic carbocycles. The molecule has 2 heterocycles. The van der Waals surface area contributed by atoms with Crippen LogP contribution in [0.3, 0.4) is 0 Å². The van der Waals surface area contributed by atoms with Crippen LogP contribution in [0, 0.1) is 12.7 Å². The summed E-state index contributed by atoms with van der Waals surface area (Å²) in [5.41, 5.74) is 2.46. The maximum atomic E-state index is 14.3. The molecule has 8 heteroatoms. The number of aromatic nitrogens is 3. The second-order valence-electron chi connectivity index (χ2n) is 7.94. The van der Waals surface area contributed by atoms with Crippen molar-refractivity contribution in [3.05, 3.63) is 71.3 Å². The Morgan fingerprint density at radius 3 is 2.65 bits per heavy atom. The number of carbonyl (C=O) groups excluding carboxylic acids is 1. The number of alkyl halides is 1. The second-order valence-corrected chi connectivity index (χ2v) is 7.94. The number of rotatable bonds is 6. The summed E-state index contributed by atoms with van der Waals surface area (Å²) in [4.78, 5) is 16.1. The number of benzene rings is 1. The molecule has 1 saturated carbocycles. The lowest BCUT2D eigenvalue weighted by molar-refractivity contribution is 0.0958. The van der Waals surface area contributed by atoms with Gasteiger partial charge in [0.15, 0.2) is 0 Å². The van der Waals surface area contributed by atoms with Crippen LogP contribution in [-0.4, -0.2) is 40.9 Å². The normalized spacial score (nSPS) is 20.1. The maximum Gasteiger partial charge on any atom is 0.251 e. The van der Waals surface area contributed by atoms with Crippen LogP contribution in [0.25, 0.3) is 11.3 Å². The van der Waals surface area contributed by atoms with Gasteiger partial charge in [0.25, 0.3) is 5.91 Å². The Labute approximate surface area is 179 Å². The van der Waals surface area contributed by atoms with Gasteiger partial charge in [0.2, 0.25) is 0 Å². The lowest BCUT2D eigenvalue weighted by Gasteiger charge is -2.44. The first-order valence-electron chi connectivity index (χ1n) is 10.1. The van der Waals surface area contributed by atoms with Gasteiger partial charge in [0, 0.05) is 36.3 Å². The Balaban J connectivity index is 1.51. The van der Waals surface area contributed by atoms with Gasteiger partial charge in [0.1, 0.15) is 17.8 Å². The first kappa shape index (κ1) is 20.8. The van der Waals surface area contributed by atoms with Crippen molar-refractivity contribution in [2.75, 3.05) is 18.9 Å². The molecular weight excluding hydrogens is 400 g/mol. The third kappa shape index (κ3) is 4.23. The lowest BCUT2D eigenvalue weighted by atomic mass is 9.65. The van der Waals surface area contributed by atoms with E-state index in [9.17, 15) is 13.6 Å². The number of anilines is 1. The summed E-state index contributed by atoms with van der Waals surface area (Å²) in [6.45, 7) is 2.22. The van der Waals surface area contributed by atoms with Crippen molar-refractivity contribution in [2.24, 2.45) is 0 Å². The first-order valence-corrected chi connectivity index (χ1v) is 10.1. The maximum absolute atomic E-state index is 14.3. The predicted molar refractivity (Wildman–Crippen MR) is 114 cm³/mol. The molecule has 0 atom stereocenters. The van der Waals surface area contributed by atoms with Crippen LogP contribution in [0.5, 0.6) is 0 Å². The van der Waals surface area contributed by atoms with Gasteiger partial charge in [-0.2, -0.15) is 0 Å². The molecule has 6 nitrogen and oxygen atoms in total. The summed E-state index contributed by atoms with van der Waals surface area (Å²) >= 11 is 0.